The van der Waals surface area contributed by atoms with Crippen LogP contribution in [0, 0.1) is 0 Å². The van der Waals surface area contributed by atoms with Gasteiger partial charge in [-0.25, -0.2) is 4.79 Å². The van der Waals surface area contributed by atoms with Crippen LogP contribution < -0.4 is 5.32 Å². The Labute approximate surface area is 121 Å². The van der Waals surface area contributed by atoms with E-state index in [9.17, 15) is 9.59 Å². The summed E-state index contributed by atoms with van der Waals surface area (Å²) in [5, 5.41) is 2.74. The van der Waals surface area contributed by atoms with Crippen molar-refractivity contribution < 1.29 is 14.3 Å². The van der Waals surface area contributed by atoms with Gasteiger partial charge in [-0.2, -0.15) is 0 Å². The first-order chi connectivity index (χ1) is 9.19. The quantitative estimate of drug-likeness (QED) is 0.809. The highest BCUT2D eigenvalue weighted by molar-refractivity contribution is 5.88. The Morgan fingerprint density at radius 3 is 2.55 bits per heavy atom. The minimum absolute atomic E-state index is 0.0264. The molecule has 0 aliphatic carbocycles. The Morgan fingerprint density at radius 1 is 1.35 bits per heavy atom. The lowest BCUT2D eigenvalue weighted by Gasteiger charge is -2.25. The second kappa shape index (κ2) is 6.77. The van der Waals surface area contributed by atoms with E-state index in [4.69, 9.17) is 4.74 Å². The van der Waals surface area contributed by atoms with Crippen molar-refractivity contribution in [1.82, 2.24) is 10.2 Å². The number of carbonyl (C=O) groups excluding carboxylic acids is 2. The van der Waals surface area contributed by atoms with Crippen LogP contribution in [0.4, 0.5) is 4.79 Å². The first kappa shape index (κ1) is 16.5. The van der Waals surface area contributed by atoms with Gasteiger partial charge >= 0.3 is 6.09 Å². The van der Waals surface area contributed by atoms with Crippen molar-refractivity contribution in [1.29, 1.82) is 0 Å². The molecule has 0 saturated carbocycles. The number of alkyl carbamates (subject to hydrolysis) is 1. The first-order valence-corrected chi connectivity index (χ1v) is 7.11. The van der Waals surface area contributed by atoms with Crippen LogP contribution >= 0.6 is 0 Å². The maximum Gasteiger partial charge on any atom is 0.407 e. The van der Waals surface area contributed by atoms with Crippen LogP contribution in [0.15, 0.2) is 11.6 Å². The van der Waals surface area contributed by atoms with E-state index in [1.807, 2.05) is 39.5 Å². The minimum atomic E-state index is -0.503. The summed E-state index contributed by atoms with van der Waals surface area (Å²) in [6.07, 6.45) is 3.10. The highest BCUT2D eigenvalue weighted by atomic mass is 16.6. The largest absolute Gasteiger partial charge is 0.444 e. The average molecular weight is 282 g/mol. The molecule has 5 heteroatoms. The molecule has 0 aromatic rings. The lowest BCUT2D eigenvalue weighted by molar-refractivity contribution is -0.126. The number of rotatable bonds is 3. The molecule has 2 amide bonds. The summed E-state index contributed by atoms with van der Waals surface area (Å²) in [5.41, 5.74) is 0.484. The van der Waals surface area contributed by atoms with Gasteiger partial charge in [-0.15, -0.1) is 0 Å². The standard InChI is InChI=1S/C15H26N2O3/c1-11(2)9-13(18)17-8-6-7-12(17)10-16-14(19)20-15(3,4)5/h9,12H,6-8,10H2,1-5H3,(H,16,19)/t12-/m0/s1. The summed E-state index contributed by atoms with van der Waals surface area (Å²) in [6, 6.07) is 0.0608. The molecular formula is C15H26N2O3. The van der Waals surface area contributed by atoms with E-state index in [2.05, 4.69) is 5.32 Å². The molecule has 20 heavy (non-hydrogen) atoms. The molecule has 0 radical (unpaired) electrons. The molecule has 0 aromatic carbocycles. The van der Waals surface area contributed by atoms with Gasteiger partial charge in [-0.3, -0.25) is 4.79 Å². The normalized spacial score (nSPS) is 18.6. The van der Waals surface area contributed by atoms with Gasteiger partial charge in [0, 0.05) is 25.2 Å². The Balaban J connectivity index is 2.49. The molecule has 1 fully saturated rings. The lowest BCUT2D eigenvalue weighted by atomic mass is 10.2. The molecule has 1 aliphatic rings. The Morgan fingerprint density at radius 2 is 2.00 bits per heavy atom. The zero-order chi connectivity index (χ0) is 15.3. The van der Waals surface area contributed by atoms with E-state index in [0.717, 1.165) is 25.0 Å². The topological polar surface area (TPSA) is 58.6 Å². The highest BCUT2D eigenvalue weighted by Gasteiger charge is 2.28. The van der Waals surface area contributed by atoms with Crippen LogP contribution in [0.2, 0.25) is 0 Å². The van der Waals surface area contributed by atoms with Gasteiger partial charge < -0.3 is 15.0 Å². The van der Waals surface area contributed by atoms with Crippen molar-refractivity contribution in [3.05, 3.63) is 11.6 Å². The van der Waals surface area contributed by atoms with E-state index in [0.29, 0.717) is 6.54 Å². The second-order valence-electron chi connectivity index (χ2n) is 6.43. The number of nitrogens with one attached hydrogen (secondary N) is 1. The molecule has 1 N–H and O–H groups in total. The summed E-state index contributed by atoms with van der Waals surface area (Å²) in [6.45, 7) is 10.5. The fourth-order valence-corrected chi connectivity index (χ4v) is 2.18. The molecule has 1 aliphatic heterocycles. The third-order valence-corrected chi connectivity index (χ3v) is 2.95. The average Bonchev–Trinajstić information content (AvgIpc) is 2.70. The van der Waals surface area contributed by atoms with E-state index in [-0.39, 0.29) is 11.9 Å². The smallest absolute Gasteiger partial charge is 0.407 e. The summed E-state index contributed by atoms with van der Waals surface area (Å²) in [5.74, 6) is 0.0264. The minimum Gasteiger partial charge on any atom is -0.444 e. The molecule has 1 rings (SSSR count). The number of carbonyl (C=O) groups is 2. The fourth-order valence-electron chi connectivity index (χ4n) is 2.18. The van der Waals surface area contributed by atoms with E-state index in [1.54, 1.807) is 6.08 Å². The van der Waals surface area contributed by atoms with Crippen molar-refractivity contribution in [3.8, 4) is 0 Å². The van der Waals surface area contributed by atoms with Crippen molar-refractivity contribution >= 4 is 12.0 Å². The molecule has 0 unspecified atom stereocenters. The van der Waals surface area contributed by atoms with Gasteiger partial charge in [0.15, 0.2) is 0 Å². The molecule has 0 spiro atoms. The van der Waals surface area contributed by atoms with Crippen LogP contribution in [0.5, 0.6) is 0 Å². The van der Waals surface area contributed by atoms with Crippen LogP contribution in [0.25, 0.3) is 0 Å². The van der Waals surface area contributed by atoms with Gasteiger partial charge in [0.2, 0.25) is 5.91 Å². The predicted octanol–water partition coefficient (Wildman–Crippen LogP) is 2.47. The maximum atomic E-state index is 12.0. The zero-order valence-corrected chi connectivity index (χ0v) is 13.2. The van der Waals surface area contributed by atoms with Gasteiger partial charge in [0.05, 0.1) is 0 Å². The van der Waals surface area contributed by atoms with E-state index < -0.39 is 11.7 Å². The molecule has 1 heterocycles. The Bertz CT molecular complexity index is 392. The number of allylic oxidation sites excluding steroid dienone is 1. The predicted molar refractivity (Wildman–Crippen MR) is 78.4 cm³/mol. The Hall–Kier alpha value is -1.52. The molecule has 1 saturated heterocycles. The molecule has 0 bridgehead atoms. The number of amides is 2. The number of ether oxygens (including phenoxy) is 1. The zero-order valence-electron chi connectivity index (χ0n) is 13.2. The van der Waals surface area contributed by atoms with Crippen LogP contribution in [0.1, 0.15) is 47.5 Å². The fraction of sp³-hybridized carbons (Fsp3) is 0.733. The van der Waals surface area contributed by atoms with Gasteiger partial charge in [0.1, 0.15) is 5.60 Å². The summed E-state index contributed by atoms with van der Waals surface area (Å²) in [4.78, 5) is 25.5. The van der Waals surface area contributed by atoms with Crippen molar-refractivity contribution in [2.75, 3.05) is 13.1 Å². The Kier molecular flexibility index (Phi) is 5.60. The van der Waals surface area contributed by atoms with Gasteiger partial charge in [0.25, 0.3) is 0 Å². The van der Waals surface area contributed by atoms with Crippen LogP contribution in [-0.4, -0.2) is 41.6 Å². The van der Waals surface area contributed by atoms with Gasteiger partial charge in [-0.1, -0.05) is 5.57 Å². The number of hydrogen-bond acceptors (Lipinski definition) is 3. The second-order valence-corrected chi connectivity index (χ2v) is 6.43. The summed E-state index contributed by atoms with van der Waals surface area (Å²) < 4.78 is 5.19. The maximum absolute atomic E-state index is 12.0. The lowest BCUT2D eigenvalue weighted by Crippen LogP contribution is -2.43. The number of hydrogen-bond donors (Lipinski definition) is 1. The first-order valence-electron chi connectivity index (χ1n) is 7.11. The van der Waals surface area contributed by atoms with E-state index >= 15 is 0 Å². The molecule has 5 nitrogen and oxygen atoms in total. The van der Waals surface area contributed by atoms with E-state index in [1.165, 1.54) is 0 Å². The third kappa shape index (κ3) is 5.63. The molecule has 0 aromatic heterocycles. The molecular weight excluding hydrogens is 256 g/mol. The highest BCUT2D eigenvalue weighted by Crippen LogP contribution is 2.17. The monoisotopic (exact) mass is 282 g/mol. The van der Waals surface area contributed by atoms with Crippen molar-refractivity contribution in [3.63, 3.8) is 0 Å². The number of likely N-dealkylation sites (tertiary alicyclic amines) is 1. The number of nitrogens with zero attached hydrogens (tertiary/aromatic N) is 1. The third-order valence-electron chi connectivity index (χ3n) is 2.95. The van der Waals surface area contributed by atoms with Crippen LogP contribution in [-0.2, 0) is 9.53 Å². The van der Waals surface area contributed by atoms with Crippen molar-refractivity contribution in [2.24, 2.45) is 0 Å². The van der Waals surface area contributed by atoms with Crippen molar-refractivity contribution in [2.45, 2.75) is 59.1 Å². The van der Waals surface area contributed by atoms with Gasteiger partial charge in [-0.05, 0) is 47.5 Å². The summed E-state index contributed by atoms with van der Waals surface area (Å²) >= 11 is 0. The van der Waals surface area contributed by atoms with Crippen LogP contribution in [0.3, 0.4) is 0 Å². The SMILES string of the molecule is CC(C)=CC(=O)N1CCC[C@H]1CNC(=O)OC(C)(C)C. The molecule has 114 valence electrons. The molecule has 1 atom stereocenters. The summed E-state index contributed by atoms with van der Waals surface area (Å²) in [7, 11) is 0.